The number of anilines is 1. The molecule has 0 fully saturated rings. The maximum atomic E-state index is 12.8. The van der Waals surface area contributed by atoms with Crippen molar-refractivity contribution in [1.29, 1.82) is 0 Å². The van der Waals surface area contributed by atoms with Crippen molar-refractivity contribution in [2.24, 2.45) is 0 Å². The van der Waals surface area contributed by atoms with Crippen LogP contribution < -0.4 is 5.32 Å². The molecule has 2 N–H and O–H groups in total. The molecule has 0 aromatic heterocycles. The van der Waals surface area contributed by atoms with E-state index >= 15 is 0 Å². The van der Waals surface area contributed by atoms with Gasteiger partial charge < -0.3 is 15.2 Å². The first-order valence-electron chi connectivity index (χ1n) is 6.27. The van der Waals surface area contributed by atoms with E-state index in [1.54, 1.807) is 6.07 Å². The molecule has 1 amide bonds. The van der Waals surface area contributed by atoms with Gasteiger partial charge in [0.05, 0.1) is 4.47 Å². The summed E-state index contributed by atoms with van der Waals surface area (Å²) < 4.78 is 18.5. The van der Waals surface area contributed by atoms with E-state index in [0.717, 1.165) is 0 Å². The van der Waals surface area contributed by atoms with E-state index in [0.29, 0.717) is 14.6 Å². The molecule has 8 heteroatoms. The maximum Gasteiger partial charge on any atom is 0.342 e. The molecule has 0 atom stereocenters. The summed E-state index contributed by atoms with van der Waals surface area (Å²) in [6, 6.07) is 8.09. The van der Waals surface area contributed by atoms with Crippen molar-refractivity contribution in [1.82, 2.24) is 0 Å². The second kappa shape index (κ2) is 7.56. The maximum absolute atomic E-state index is 12.8. The predicted molar refractivity (Wildman–Crippen MR) is 88.8 cm³/mol. The van der Waals surface area contributed by atoms with Gasteiger partial charge in [-0.25, -0.2) is 9.18 Å². The Kier molecular flexibility index (Phi) is 5.73. The monoisotopic (exact) mass is 445 g/mol. The minimum absolute atomic E-state index is 0.0826. The van der Waals surface area contributed by atoms with Crippen LogP contribution in [0.2, 0.25) is 0 Å². The number of aromatic hydroxyl groups is 1. The zero-order chi connectivity index (χ0) is 17.0. The van der Waals surface area contributed by atoms with Crippen LogP contribution in [0.1, 0.15) is 10.4 Å². The van der Waals surface area contributed by atoms with Gasteiger partial charge in [0.25, 0.3) is 5.91 Å². The first-order chi connectivity index (χ1) is 10.9. The largest absolute Gasteiger partial charge is 0.506 e. The summed E-state index contributed by atoms with van der Waals surface area (Å²) in [5.41, 5.74) is 0.293. The summed E-state index contributed by atoms with van der Waals surface area (Å²) >= 11 is 6.28. The second-order valence-corrected chi connectivity index (χ2v) is 6.18. The van der Waals surface area contributed by atoms with Gasteiger partial charge in [-0.3, -0.25) is 4.79 Å². The Balaban J connectivity index is 1.96. The highest BCUT2D eigenvalue weighted by molar-refractivity contribution is 9.11. The minimum atomic E-state index is -0.848. The van der Waals surface area contributed by atoms with E-state index in [-0.39, 0.29) is 11.3 Å². The van der Waals surface area contributed by atoms with Crippen LogP contribution in [0.15, 0.2) is 45.3 Å². The van der Waals surface area contributed by atoms with Crippen molar-refractivity contribution in [2.75, 3.05) is 11.9 Å². The zero-order valence-electron chi connectivity index (χ0n) is 11.5. The Labute approximate surface area is 147 Å². The van der Waals surface area contributed by atoms with E-state index in [2.05, 4.69) is 37.2 Å². The highest BCUT2D eigenvalue weighted by Gasteiger charge is 2.17. The fraction of sp³-hybridized carbons (Fsp3) is 0.0667. The van der Waals surface area contributed by atoms with Crippen LogP contribution in [0, 0.1) is 5.82 Å². The van der Waals surface area contributed by atoms with Crippen molar-refractivity contribution in [3.63, 3.8) is 0 Å². The molecule has 2 rings (SSSR count). The molecule has 0 aliphatic carbocycles. The number of hydrogen-bond donors (Lipinski definition) is 2. The van der Waals surface area contributed by atoms with Crippen LogP contribution in [0.4, 0.5) is 10.1 Å². The van der Waals surface area contributed by atoms with Crippen molar-refractivity contribution in [3.8, 4) is 5.75 Å². The number of rotatable bonds is 4. The molecule has 23 heavy (non-hydrogen) atoms. The smallest absolute Gasteiger partial charge is 0.342 e. The summed E-state index contributed by atoms with van der Waals surface area (Å²) in [6.45, 7) is -0.542. The molecule has 0 heterocycles. The van der Waals surface area contributed by atoms with Crippen molar-refractivity contribution < 1.29 is 23.8 Å². The molecule has 120 valence electrons. The summed E-state index contributed by atoms with van der Waals surface area (Å²) in [5.74, 6) is -2.14. The van der Waals surface area contributed by atoms with Gasteiger partial charge in [0.2, 0.25) is 0 Å². The zero-order valence-corrected chi connectivity index (χ0v) is 14.6. The molecule has 0 radical (unpaired) electrons. The molecule has 0 bridgehead atoms. The lowest BCUT2D eigenvalue weighted by Crippen LogP contribution is -2.21. The Morgan fingerprint density at radius 1 is 1.17 bits per heavy atom. The van der Waals surface area contributed by atoms with E-state index in [4.69, 9.17) is 4.74 Å². The first-order valence-corrected chi connectivity index (χ1v) is 7.86. The molecule has 0 saturated carbocycles. The van der Waals surface area contributed by atoms with E-state index in [9.17, 15) is 19.1 Å². The number of hydrogen-bond acceptors (Lipinski definition) is 4. The number of carbonyl (C=O) groups is 2. The summed E-state index contributed by atoms with van der Waals surface area (Å²) in [6.07, 6.45) is 0. The highest BCUT2D eigenvalue weighted by Crippen LogP contribution is 2.32. The molecule has 0 unspecified atom stereocenters. The third kappa shape index (κ3) is 4.77. The number of carbonyl (C=O) groups excluding carboxylic acids is 2. The lowest BCUT2D eigenvalue weighted by atomic mass is 10.2. The number of halogens is 3. The summed E-state index contributed by atoms with van der Waals surface area (Å²) in [4.78, 5) is 23.6. The van der Waals surface area contributed by atoms with Crippen LogP contribution in [0.5, 0.6) is 5.75 Å². The van der Waals surface area contributed by atoms with Crippen LogP contribution in [0.25, 0.3) is 0 Å². The molecule has 0 saturated heterocycles. The summed E-state index contributed by atoms with van der Waals surface area (Å²) in [5, 5.41) is 12.3. The molecule has 2 aromatic carbocycles. The van der Waals surface area contributed by atoms with E-state index in [1.807, 2.05) is 0 Å². The quantitative estimate of drug-likeness (QED) is 0.699. The van der Waals surface area contributed by atoms with Crippen LogP contribution in [0.3, 0.4) is 0 Å². The number of ether oxygens (including phenoxy) is 1. The van der Waals surface area contributed by atoms with Crippen molar-refractivity contribution >= 4 is 49.4 Å². The summed E-state index contributed by atoms with van der Waals surface area (Å²) in [7, 11) is 0. The number of nitrogens with one attached hydrogen (secondary N) is 1. The van der Waals surface area contributed by atoms with E-state index < -0.39 is 24.3 Å². The van der Waals surface area contributed by atoms with Gasteiger partial charge in [0.1, 0.15) is 17.1 Å². The van der Waals surface area contributed by atoms with Crippen LogP contribution in [-0.4, -0.2) is 23.6 Å². The fourth-order valence-electron chi connectivity index (χ4n) is 1.66. The van der Waals surface area contributed by atoms with Gasteiger partial charge in [0.15, 0.2) is 6.61 Å². The molecule has 0 aliphatic rings. The standard InChI is InChI=1S/C15H10Br2FNO4/c16-8-5-11(14(21)12(17)6-8)15(22)23-7-13(20)19-10-3-1-9(18)2-4-10/h1-6,21H,7H2,(H,19,20). The fourth-order valence-corrected chi connectivity index (χ4v) is 2.89. The van der Waals surface area contributed by atoms with Gasteiger partial charge in [-0.15, -0.1) is 0 Å². The minimum Gasteiger partial charge on any atom is -0.506 e. The average molecular weight is 447 g/mol. The normalized spacial score (nSPS) is 10.2. The van der Waals surface area contributed by atoms with Gasteiger partial charge in [-0.2, -0.15) is 0 Å². The molecule has 0 aliphatic heterocycles. The van der Waals surface area contributed by atoms with Gasteiger partial charge in [0, 0.05) is 10.2 Å². The predicted octanol–water partition coefficient (Wildman–Crippen LogP) is 3.85. The molecule has 5 nitrogen and oxygen atoms in total. The number of esters is 1. The molecular weight excluding hydrogens is 437 g/mol. The number of amides is 1. The Morgan fingerprint density at radius 2 is 1.83 bits per heavy atom. The van der Waals surface area contributed by atoms with Crippen molar-refractivity contribution in [3.05, 3.63) is 56.7 Å². The Bertz CT molecular complexity index is 750. The number of benzene rings is 2. The van der Waals surface area contributed by atoms with Crippen LogP contribution >= 0.6 is 31.9 Å². The Morgan fingerprint density at radius 3 is 2.48 bits per heavy atom. The topological polar surface area (TPSA) is 75.6 Å². The second-order valence-electron chi connectivity index (χ2n) is 4.41. The molecular formula is C15H10Br2FNO4. The van der Waals surface area contributed by atoms with Crippen LogP contribution in [-0.2, 0) is 9.53 Å². The lowest BCUT2D eigenvalue weighted by molar-refractivity contribution is -0.119. The Hall–Kier alpha value is -1.93. The van der Waals surface area contributed by atoms with Crippen molar-refractivity contribution in [2.45, 2.75) is 0 Å². The third-order valence-corrected chi connectivity index (χ3v) is 3.77. The molecule has 0 spiro atoms. The van der Waals surface area contributed by atoms with Gasteiger partial charge in [-0.05, 0) is 52.3 Å². The number of phenolic OH excluding ortho intramolecular Hbond substituents is 1. The van der Waals surface area contributed by atoms with Gasteiger partial charge in [-0.1, -0.05) is 15.9 Å². The van der Waals surface area contributed by atoms with E-state index in [1.165, 1.54) is 30.3 Å². The highest BCUT2D eigenvalue weighted by atomic mass is 79.9. The number of phenols is 1. The molecule has 2 aromatic rings. The third-order valence-electron chi connectivity index (χ3n) is 2.71. The average Bonchev–Trinajstić information content (AvgIpc) is 2.50. The SMILES string of the molecule is O=C(COC(=O)c1cc(Br)cc(Br)c1O)Nc1ccc(F)cc1. The lowest BCUT2D eigenvalue weighted by Gasteiger charge is -2.09. The van der Waals surface area contributed by atoms with Gasteiger partial charge >= 0.3 is 5.97 Å². The first kappa shape index (κ1) is 17.4.